The minimum atomic E-state index is 0.810. The lowest BCUT2D eigenvalue weighted by atomic mass is 9.91. The quantitative estimate of drug-likeness (QED) is 0.0287. The maximum absolute atomic E-state index is 5.42. The molecule has 0 aliphatic rings. The molecule has 0 radical (unpaired) electrons. The third-order valence-corrected chi connectivity index (χ3v) is 23.2. The summed E-state index contributed by atoms with van der Waals surface area (Å²) in [7, 11) is 0. The van der Waals surface area contributed by atoms with Crippen LogP contribution in [0, 0.1) is 19.0 Å². The van der Waals surface area contributed by atoms with Gasteiger partial charge < -0.3 is 0 Å². The number of hydrogen-bond donors (Lipinski definition) is 0. The molecule has 2 unspecified atom stereocenters. The summed E-state index contributed by atoms with van der Waals surface area (Å²) in [4.78, 5) is 16.6. The number of rotatable bonds is 46. The molecule has 0 amide bonds. The first-order valence-corrected chi connectivity index (χ1v) is 36.1. The van der Waals surface area contributed by atoms with E-state index in [1.807, 2.05) is 45.3 Å². The monoisotopic (exact) mass is 1280 g/mol. The van der Waals surface area contributed by atoms with Crippen molar-refractivity contribution in [2.75, 3.05) is 0 Å². The van der Waals surface area contributed by atoms with Gasteiger partial charge in [-0.05, 0) is 94.1 Å². The fourth-order valence-electron chi connectivity index (χ4n) is 11.1. The molecule has 4 heterocycles. The molecule has 0 saturated carbocycles. The SMILES string of the molecule is CCCCCCCCCCCCC(CCCCCCCCCC)Cc1ccc(-c2nc3c(I)c4sc(-c5ccc(CC(CCCCCCCCCC)CCCCCCCCCCCC)s5)nc4c(I)c3s2)s1. The molecule has 72 heavy (non-hydrogen) atoms. The molecule has 0 N–H and O–H groups in total. The zero-order chi connectivity index (χ0) is 50.9. The zero-order valence-electron chi connectivity index (χ0n) is 46.4. The molecular weight excluding hydrogens is 1180 g/mol. The summed E-state index contributed by atoms with van der Waals surface area (Å²) in [5.74, 6) is 1.62. The predicted molar refractivity (Wildman–Crippen MR) is 347 cm³/mol. The maximum atomic E-state index is 5.42. The van der Waals surface area contributed by atoms with Crippen LogP contribution in [0.5, 0.6) is 0 Å². The van der Waals surface area contributed by atoms with Gasteiger partial charge in [0.1, 0.15) is 10.0 Å². The third-order valence-electron chi connectivity index (χ3n) is 15.7. The number of aromatic nitrogens is 2. The first kappa shape index (κ1) is 62.7. The van der Waals surface area contributed by atoms with Crippen LogP contribution < -0.4 is 0 Å². The number of thiophene rings is 2. The number of unbranched alkanes of at least 4 members (excludes halogenated alkanes) is 32. The van der Waals surface area contributed by atoms with Crippen molar-refractivity contribution in [3.8, 4) is 19.8 Å². The van der Waals surface area contributed by atoms with E-state index in [4.69, 9.17) is 9.97 Å². The van der Waals surface area contributed by atoms with Crippen LogP contribution >= 0.6 is 90.5 Å². The van der Waals surface area contributed by atoms with Gasteiger partial charge in [0.2, 0.25) is 0 Å². The molecule has 0 saturated heterocycles. The van der Waals surface area contributed by atoms with Gasteiger partial charge in [0.25, 0.3) is 0 Å². The fraction of sp³-hybridized carbons (Fsp3) is 0.750. The van der Waals surface area contributed by atoms with Gasteiger partial charge in [0, 0.05) is 9.75 Å². The second-order valence-electron chi connectivity index (χ2n) is 22.2. The molecule has 0 aliphatic heterocycles. The van der Waals surface area contributed by atoms with Crippen molar-refractivity contribution in [3.63, 3.8) is 0 Å². The van der Waals surface area contributed by atoms with Crippen molar-refractivity contribution in [3.05, 3.63) is 41.2 Å². The molecule has 2 atom stereocenters. The summed E-state index contributed by atoms with van der Waals surface area (Å²) in [5.41, 5.74) is 2.35. The Morgan fingerprint density at radius 1 is 0.333 bits per heavy atom. The van der Waals surface area contributed by atoms with Gasteiger partial charge in [0.05, 0.1) is 37.3 Å². The van der Waals surface area contributed by atoms with Gasteiger partial charge in [-0.15, -0.1) is 45.3 Å². The van der Waals surface area contributed by atoms with Crippen molar-refractivity contribution in [1.29, 1.82) is 0 Å². The molecule has 406 valence electrons. The molecular formula is C64H102I2N2S4. The first-order chi connectivity index (χ1) is 35.4. The number of thiazole rings is 2. The maximum Gasteiger partial charge on any atom is 0.134 e. The van der Waals surface area contributed by atoms with E-state index in [-0.39, 0.29) is 0 Å². The topological polar surface area (TPSA) is 25.8 Å². The van der Waals surface area contributed by atoms with Gasteiger partial charge in [-0.2, -0.15) is 0 Å². The minimum absolute atomic E-state index is 0.810. The molecule has 4 aromatic heterocycles. The van der Waals surface area contributed by atoms with Crippen LogP contribution in [0.15, 0.2) is 24.3 Å². The molecule has 8 heteroatoms. The van der Waals surface area contributed by atoms with Crippen molar-refractivity contribution < 1.29 is 0 Å². The Hall–Kier alpha value is -0.140. The van der Waals surface area contributed by atoms with E-state index in [2.05, 4.69) is 97.1 Å². The average Bonchev–Trinajstić information content (AvgIpc) is 4.23. The van der Waals surface area contributed by atoms with Gasteiger partial charge in [0.15, 0.2) is 0 Å². The van der Waals surface area contributed by atoms with E-state index in [0.29, 0.717) is 0 Å². The Bertz CT molecular complexity index is 1910. The van der Waals surface area contributed by atoms with Crippen LogP contribution in [0.1, 0.15) is 294 Å². The van der Waals surface area contributed by atoms with Crippen LogP contribution in [-0.2, 0) is 12.8 Å². The van der Waals surface area contributed by atoms with Crippen LogP contribution in [-0.4, -0.2) is 9.97 Å². The van der Waals surface area contributed by atoms with Gasteiger partial charge in [-0.1, -0.05) is 285 Å². The third kappa shape index (κ3) is 23.8. The number of benzene rings is 1. The second kappa shape index (κ2) is 39.3. The Balaban J connectivity index is 1.18. The molecule has 1 aromatic carbocycles. The van der Waals surface area contributed by atoms with E-state index < -0.39 is 0 Å². The minimum Gasteiger partial charge on any atom is -0.234 e. The highest BCUT2D eigenvalue weighted by molar-refractivity contribution is 14.1. The van der Waals surface area contributed by atoms with Crippen molar-refractivity contribution >= 4 is 111 Å². The number of hydrogen-bond acceptors (Lipinski definition) is 6. The number of nitrogens with zero attached hydrogens (tertiary/aromatic N) is 2. The average molecular weight is 1280 g/mol. The summed E-state index contributed by atoms with van der Waals surface area (Å²) in [6, 6.07) is 9.66. The highest BCUT2D eigenvalue weighted by atomic mass is 127. The van der Waals surface area contributed by atoms with E-state index in [0.717, 1.165) is 11.8 Å². The van der Waals surface area contributed by atoms with Crippen LogP contribution in [0.2, 0.25) is 0 Å². The number of fused-ring (bicyclic) bond motifs is 2. The Labute approximate surface area is 486 Å². The Morgan fingerprint density at radius 3 is 0.847 bits per heavy atom. The molecule has 0 fully saturated rings. The lowest BCUT2D eigenvalue weighted by Gasteiger charge is -2.16. The molecule has 5 rings (SSSR count). The van der Waals surface area contributed by atoms with Crippen molar-refractivity contribution in [1.82, 2.24) is 9.97 Å². The smallest absolute Gasteiger partial charge is 0.134 e. The van der Waals surface area contributed by atoms with E-state index in [9.17, 15) is 0 Å². The number of halogens is 2. The van der Waals surface area contributed by atoms with Crippen molar-refractivity contribution in [2.24, 2.45) is 11.8 Å². The molecule has 0 aliphatic carbocycles. The summed E-state index contributed by atoms with van der Waals surface area (Å²) in [6.07, 6.45) is 59.1. The summed E-state index contributed by atoms with van der Waals surface area (Å²) >= 11 is 13.0. The Kier molecular flexibility index (Phi) is 34.2. The standard InChI is InChI=1S/C64H102I2N2S4/c1-5-9-13-17-21-25-27-31-35-39-43-51(41-37-33-29-23-19-15-11-7-3)49-53-45-47-55(69-53)63-67-59-57(65)62-60(58(66)61(59)71-63)68-64(72-62)56-48-46-54(70-56)50-52(42-38-34-30-24-20-16-12-8-4)44-40-36-32-28-26-22-18-14-10-6-2/h45-48,51-52H,5-44,49-50H2,1-4H3. The van der Waals surface area contributed by atoms with Gasteiger partial charge in [-0.3, -0.25) is 0 Å². The largest absolute Gasteiger partial charge is 0.234 e. The van der Waals surface area contributed by atoms with E-state index in [1.165, 1.54) is 317 Å². The van der Waals surface area contributed by atoms with Crippen LogP contribution in [0.3, 0.4) is 0 Å². The zero-order valence-corrected chi connectivity index (χ0v) is 54.0. The summed E-state index contributed by atoms with van der Waals surface area (Å²) in [5, 5.41) is 2.37. The van der Waals surface area contributed by atoms with E-state index >= 15 is 0 Å². The van der Waals surface area contributed by atoms with Gasteiger partial charge in [-0.25, -0.2) is 9.97 Å². The lowest BCUT2D eigenvalue weighted by Crippen LogP contribution is -2.04. The van der Waals surface area contributed by atoms with Crippen molar-refractivity contribution in [2.45, 2.75) is 297 Å². The van der Waals surface area contributed by atoms with Gasteiger partial charge >= 0.3 is 0 Å². The highest BCUT2D eigenvalue weighted by Gasteiger charge is 2.23. The molecule has 2 nitrogen and oxygen atoms in total. The fourth-order valence-corrected chi connectivity index (χ4v) is 17.8. The predicted octanol–water partition coefficient (Wildman–Crippen LogP) is 25.6. The Morgan fingerprint density at radius 2 is 0.583 bits per heavy atom. The second-order valence-corrected chi connectivity index (χ2v) is 28.7. The lowest BCUT2D eigenvalue weighted by molar-refractivity contribution is 0.401. The highest BCUT2D eigenvalue weighted by Crippen LogP contribution is 2.46. The normalized spacial score (nSPS) is 12.9. The summed E-state index contributed by atoms with van der Waals surface area (Å²) < 4.78 is 5.18. The first-order valence-electron chi connectivity index (χ1n) is 30.7. The van der Waals surface area contributed by atoms with Crippen LogP contribution in [0.25, 0.3) is 40.2 Å². The molecule has 0 bridgehead atoms. The molecule has 5 aromatic rings. The summed E-state index contributed by atoms with van der Waals surface area (Å²) in [6.45, 7) is 9.29. The van der Waals surface area contributed by atoms with E-state index in [1.54, 1.807) is 9.75 Å². The molecule has 0 spiro atoms. The van der Waals surface area contributed by atoms with Crippen LogP contribution in [0.4, 0.5) is 0 Å².